The highest BCUT2D eigenvalue weighted by Crippen LogP contribution is 2.36. The first-order valence-electron chi connectivity index (χ1n) is 12.9. The Kier molecular flexibility index (Phi) is 10.4. The van der Waals surface area contributed by atoms with Crippen LogP contribution < -0.4 is 5.32 Å². The van der Waals surface area contributed by atoms with Crippen LogP contribution in [0.25, 0.3) is 0 Å². The van der Waals surface area contributed by atoms with Crippen molar-refractivity contribution in [3.05, 3.63) is 58.7 Å². The van der Waals surface area contributed by atoms with Gasteiger partial charge in [-0.2, -0.15) is 0 Å². The molecule has 0 aromatic heterocycles. The number of phenols is 1. The lowest BCUT2D eigenvalue weighted by atomic mass is 9.84. The Labute approximate surface area is 211 Å². The van der Waals surface area contributed by atoms with Crippen LogP contribution in [0.5, 0.6) is 5.75 Å². The highest BCUT2D eigenvalue weighted by molar-refractivity contribution is 5.92. The van der Waals surface area contributed by atoms with Gasteiger partial charge in [0.05, 0.1) is 0 Å². The first kappa shape index (κ1) is 28.4. The molecule has 1 unspecified atom stereocenters. The third-order valence-corrected chi connectivity index (χ3v) is 6.59. The van der Waals surface area contributed by atoms with Crippen LogP contribution >= 0.6 is 0 Å². The first-order valence-corrected chi connectivity index (χ1v) is 12.9. The van der Waals surface area contributed by atoms with Crippen LogP contribution in [0.15, 0.2) is 36.4 Å². The number of aryl methyl sites for hydroxylation is 2. The fraction of sp³-hybridized carbons (Fsp3) is 0.533. The molecule has 2 aromatic rings. The summed E-state index contributed by atoms with van der Waals surface area (Å²) < 4.78 is 0. The van der Waals surface area contributed by atoms with Crippen LogP contribution in [0.4, 0.5) is 5.69 Å². The standard InChI is InChI=1S/C30H44N2O3/c1-8-9-10-13-23(24-14-11-12-21(2)29(24)35)20-27(33)31-26-19-22(16-18-28(34)32(6)7)15-17-25(26)30(3,4)5/h11-12,14-15,17,19,23,35H,8-10,13,16,18,20H2,1-7H3,(H,31,33). The number of carbonyl (C=O) groups excluding carboxylic acids is 2. The second-order valence-electron chi connectivity index (χ2n) is 10.9. The zero-order valence-electron chi connectivity index (χ0n) is 22.7. The van der Waals surface area contributed by atoms with Crippen molar-refractivity contribution in [3.63, 3.8) is 0 Å². The number of hydrogen-bond donors (Lipinski definition) is 2. The maximum atomic E-state index is 13.3. The SMILES string of the molecule is CCCCCC(CC(=O)Nc1cc(CCC(=O)N(C)C)ccc1C(C)(C)C)c1cccc(C)c1O. The van der Waals surface area contributed by atoms with Gasteiger partial charge in [0, 0.05) is 32.6 Å². The number of hydrogen-bond acceptors (Lipinski definition) is 3. The zero-order valence-corrected chi connectivity index (χ0v) is 22.7. The predicted molar refractivity (Wildman–Crippen MR) is 145 cm³/mol. The van der Waals surface area contributed by atoms with E-state index in [0.717, 1.165) is 53.6 Å². The number of carbonyl (C=O) groups is 2. The zero-order chi connectivity index (χ0) is 26.2. The molecule has 2 N–H and O–H groups in total. The van der Waals surface area contributed by atoms with Gasteiger partial charge in [-0.3, -0.25) is 9.59 Å². The highest BCUT2D eigenvalue weighted by atomic mass is 16.3. The highest BCUT2D eigenvalue weighted by Gasteiger charge is 2.23. The maximum Gasteiger partial charge on any atom is 0.224 e. The molecule has 2 amide bonds. The molecule has 0 bridgehead atoms. The number of nitrogens with one attached hydrogen (secondary N) is 1. The summed E-state index contributed by atoms with van der Waals surface area (Å²) in [5.41, 5.74) is 4.43. The van der Waals surface area contributed by atoms with Gasteiger partial charge in [-0.1, -0.05) is 77.3 Å². The topological polar surface area (TPSA) is 69.6 Å². The average Bonchev–Trinajstić information content (AvgIpc) is 2.78. The van der Waals surface area contributed by atoms with Crippen molar-refractivity contribution >= 4 is 17.5 Å². The molecular weight excluding hydrogens is 436 g/mol. The van der Waals surface area contributed by atoms with Crippen LogP contribution in [0.2, 0.25) is 0 Å². The van der Waals surface area contributed by atoms with E-state index in [4.69, 9.17) is 0 Å². The molecule has 2 aromatic carbocycles. The van der Waals surface area contributed by atoms with Crippen molar-refractivity contribution in [1.82, 2.24) is 4.90 Å². The van der Waals surface area contributed by atoms with Crippen LogP contribution in [0.1, 0.15) is 94.4 Å². The lowest BCUT2D eigenvalue weighted by Gasteiger charge is -2.25. The van der Waals surface area contributed by atoms with E-state index in [1.54, 1.807) is 19.0 Å². The maximum absolute atomic E-state index is 13.3. The van der Waals surface area contributed by atoms with Crippen molar-refractivity contribution in [2.75, 3.05) is 19.4 Å². The number of nitrogens with zero attached hydrogens (tertiary/aromatic N) is 1. The Morgan fingerprint density at radius 2 is 1.80 bits per heavy atom. The van der Waals surface area contributed by atoms with E-state index < -0.39 is 0 Å². The molecule has 0 aliphatic carbocycles. The van der Waals surface area contributed by atoms with Gasteiger partial charge in [-0.15, -0.1) is 0 Å². The predicted octanol–water partition coefficient (Wildman–Crippen LogP) is 6.71. The Bertz CT molecular complexity index is 1010. The Balaban J connectivity index is 2.27. The number of phenolic OH excluding ortho intramolecular Hbond substituents is 1. The fourth-order valence-corrected chi connectivity index (χ4v) is 4.42. The third-order valence-electron chi connectivity index (χ3n) is 6.59. The second-order valence-corrected chi connectivity index (χ2v) is 10.9. The van der Waals surface area contributed by atoms with Crippen molar-refractivity contribution in [3.8, 4) is 5.75 Å². The molecule has 35 heavy (non-hydrogen) atoms. The third kappa shape index (κ3) is 8.41. The summed E-state index contributed by atoms with van der Waals surface area (Å²) in [5.74, 6) is 0.285. The average molecular weight is 481 g/mol. The summed E-state index contributed by atoms with van der Waals surface area (Å²) >= 11 is 0. The number of unbranched alkanes of at least 4 members (excludes halogenated alkanes) is 2. The Hall–Kier alpha value is -2.82. The van der Waals surface area contributed by atoms with Gasteiger partial charge in [-0.25, -0.2) is 0 Å². The van der Waals surface area contributed by atoms with E-state index in [-0.39, 0.29) is 23.1 Å². The smallest absolute Gasteiger partial charge is 0.224 e. The monoisotopic (exact) mass is 480 g/mol. The van der Waals surface area contributed by atoms with Crippen LogP contribution in [0, 0.1) is 6.92 Å². The number of benzene rings is 2. The first-order chi connectivity index (χ1) is 16.4. The number of amides is 2. The van der Waals surface area contributed by atoms with Crippen LogP contribution in [-0.2, 0) is 21.4 Å². The summed E-state index contributed by atoms with van der Waals surface area (Å²) in [4.78, 5) is 27.0. The van der Waals surface area contributed by atoms with E-state index in [9.17, 15) is 14.7 Å². The molecule has 0 aliphatic heterocycles. The fourth-order valence-electron chi connectivity index (χ4n) is 4.42. The Morgan fingerprint density at radius 1 is 1.09 bits per heavy atom. The van der Waals surface area contributed by atoms with E-state index in [1.807, 2.05) is 31.2 Å². The number of rotatable bonds is 11. The van der Waals surface area contributed by atoms with Crippen molar-refractivity contribution in [2.24, 2.45) is 0 Å². The molecule has 1 atom stereocenters. The molecule has 5 heteroatoms. The minimum atomic E-state index is -0.143. The molecule has 0 fully saturated rings. The summed E-state index contributed by atoms with van der Waals surface area (Å²) in [6.45, 7) is 10.5. The molecule has 0 heterocycles. The van der Waals surface area contributed by atoms with Gasteiger partial charge in [0.15, 0.2) is 0 Å². The van der Waals surface area contributed by atoms with E-state index in [2.05, 4.69) is 45.1 Å². The van der Waals surface area contributed by atoms with Crippen LogP contribution in [0.3, 0.4) is 0 Å². The normalized spacial score (nSPS) is 12.3. The quantitative estimate of drug-likeness (QED) is 0.351. The van der Waals surface area contributed by atoms with Crippen molar-refractivity contribution < 1.29 is 14.7 Å². The molecule has 5 nitrogen and oxygen atoms in total. The largest absolute Gasteiger partial charge is 0.507 e. The molecular formula is C30H44N2O3. The lowest BCUT2D eigenvalue weighted by Crippen LogP contribution is -2.22. The molecule has 192 valence electrons. The van der Waals surface area contributed by atoms with Gasteiger partial charge >= 0.3 is 0 Å². The van der Waals surface area contributed by atoms with E-state index >= 15 is 0 Å². The summed E-state index contributed by atoms with van der Waals surface area (Å²) in [6, 6.07) is 11.9. The van der Waals surface area contributed by atoms with E-state index in [1.165, 1.54) is 0 Å². The van der Waals surface area contributed by atoms with Gasteiger partial charge in [-0.05, 0) is 59.4 Å². The van der Waals surface area contributed by atoms with Crippen molar-refractivity contribution in [2.45, 2.75) is 90.9 Å². The summed E-state index contributed by atoms with van der Waals surface area (Å²) in [6.07, 6.45) is 5.46. The molecule has 0 radical (unpaired) electrons. The molecule has 0 spiro atoms. The molecule has 2 rings (SSSR count). The number of para-hydroxylation sites is 1. The minimum Gasteiger partial charge on any atom is -0.507 e. The van der Waals surface area contributed by atoms with Gasteiger partial charge in [0.1, 0.15) is 5.75 Å². The van der Waals surface area contributed by atoms with Gasteiger partial charge in [0.25, 0.3) is 0 Å². The second kappa shape index (κ2) is 12.8. The van der Waals surface area contributed by atoms with E-state index in [0.29, 0.717) is 25.0 Å². The van der Waals surface area contributed by atoms with Crippen LogP contribution in [-0.4, -0.2) is 35.9 Å². The molecule has 0 aliphatic rings. The van der Waals surface area contributed by atoms with Gasteiger partial charge < -0.3 is 15.3 Å². The summed E-state index contributed by atoms with van der Waals surface area (Å²) in [5, 5.41) is 13.9. The Morgan fingerprint density at radius 3 is 2.43 bits per heavy atom. The summed E-state index contributed by atoms with van der Waals surface area (Å²) in [7, 11) is 3.53. The van der Waals surface area contributed by atoms with Gasteiger partial charge in [0.2, 0.25) is 11.8 Å². The molecule has 0 saturated heterocycles. The number of anilines is 1. The lowest BCUT2D eigenvalue weighted by molar-refractivity contribution is -0.128. The molecule has 0 saturated carbocycles. The minimum absolute atomic E-state index is 0.0413. The number of aromatic hydroxyl groups is 1. The van der Waals surface area contributed by atoms with Crippen molar-refractivity contribution in [1.29, 1.82) is 0 Å².